The van der Waals surface area contributed by atoms with Gasteiger partial charge in [0.2, 0.25) is 5.78 Å². The van der Waals surface area contributed by atoms with Crippen LogP contribution in [0, 0.1) is 0 Å². The maximum absolute atomic E-state index is 12.8. The predicted molar refractivity (Wildman–Crippen MR) is 89.0 cm³/mol. The van der Waals surface area contributed by atoms with Crippen LogP contribution in [0.1, 0.15) is 22.0 Å². The minimum absolute atomic E-state index is 0.0750. The van der Waals surface area contributed by atoms with Crippen molar-refractivity contribution in [3.63, 3.8) is 0 Å². The van der Waals surface area contributed by atoms with Gasteiger partial charge in [0.05, 0.1) is 14.2 Å². The molecule has 0 saturated carbocycles. The molecule has 2 atom stereocenters. The molecule has 0 amide bonds. The van der Waals surface area contributed by atoms with Crippen LogP contribution in [0.15, 0.2) is 30.3 Å². The van der Waals surface area contributed by atoms with Gasteiger partial charge in [0.15, 0.2) is 17.6 Å². The molecule has 3 N–H and O–H groups in total. The minimum atomic E-state index is -2.39. The van der Waals surface area contributed by atoms with Crippen LogP contribution in [0.3, 0.4) is 0 Å². The molecule has 26 heavy (non-hydrogen) atoms. The number of ketones is 1. The smallest absolute Gasteiger partial charge is 0.274 e. The Morgan fingerprint density at radius 1 is 1.04 bits per heavy atom. The first-order valence-electron chi connectivity index (χ1n) is 7.62. The number of aliphatic hydroxyl groups is 1. The van der Waals surface area contributed by atoms with Crippen LogP contribution in [0.2, 0.25) is 0 Å². The molecular weight excluding hydrogens is 344 g/mol. The number of hydrogen-bond acceptors (Lipinski definition) is 8. The third kappa shape index (κ3) is 2.59. The monoisotopic (exact) mass is 362 g/mol. The molecule has 1 aliphatic heterocycles. The number of fused-ring (bicyclic) bond motifs is 1. The molecule has 0 aliphatic carbocycles. The normalized spacial score (nSPS) is 21.7. The van der Waals surface area contributed by atoms with Crippen LogP contribution >= 0.6 is 0 Å². The van der Waals surface area contributed by atoms with Crippen LogP contribution in [0.4, 0.5) is 0 Å². The van der Waals surface area contributed by atoms with Crippen LogP contribution < -0.4 is 14.2 Å². The van der Waals surface area contributed by atoms with Crippen molar-refractivity contribution in [2.24, 2.45) is 0 Å². The summed E-state index contributed by atoms with van der Waals surface area (Å²) in [5.74, 6) is -3.35. The number of hydrogen-bond donors (Lipinski definition) is 3. The van der Waals surface area contributed by atoms with Crippen molar-refractivity contribution in [3.05, 3.63) is 41.5 Å². The maximum Gasteiger partial charge on any atom is 0.274 e. The summed E-state index contributed by atoms with van der Waals surface area (Å²) in [6.45, 7) is 0. The van der Waals surface area contributed by atoms with E-state index in [1.54, 1.807) is 12.1 Å². The van der Waals surface area contributed by atoms with E-state index in [4.69, 9.17) is 18.9 Å². The third-order valence-corrected chi connectivity index (χ3v) is 4.24. The van der Waals surface area contributed by atoms with E-state index in [9.17, 15) is 20.1 Å². The van der Waals surface area contributed by atoms with Gasteiger partial charge in [0.25, 0.3) is 5.79 Å². The number of benzene rings is 2. The molecule has 0 saturated heterocycles. The van der Waals surface area contributed by atoms with E-state index in [2.05, 4.69) is 0 Å². The number of ether oxygens (including phenoxy) is 4. The van der Waals surface area contributed by atoms with Gasteiger partial charge < -0.3 is 34.3 Å². The second-order valence-electron chi connectivity index (χ2n) is 5.68. The molecule has 0 bridgehead atoms. The van der Waals surface area contributed by atoms with Crippen molar-refractivity contribution < 1.29 is 39.1 Å². The summed E-state index contributed by atoms with van der Waals surface area (Å²) in [7, 11) is 4.07. The van der Waals surface area contributed by atoms with Gasteiger partial charge in [0, 0.05) is 24.8 Å². The van der Waals surface area contributed by atoms with Gasteiger partial charge >= 0.3 is 0 Å². The fraction of sp³-hybridized carbons (Fsp3) is 0.278. The van der Waals surface area contributed by atoms with Gasteiger partial charge in [-0.3, -0.25) is 4.79 Å². The van der Waals surface area contributed by atoms with Crippen molar-refractivity contribution in [2.75, 3.05) is 21.3 Å². The Morgan fingerprint density at radius 3 is 2.35 bits per heavy atom. The van der Waals surface area contributed by atoms with Gasteiger partial charge in [-0.2, -0.15) is 0 Å². The van der Waals surface area contributed by atoms with E-state index < -0.39 is 23.4 Å². The lowest BCUT2D eigenvalue weighted by Crippen LogP contribution is -2.51. The summed E-state index contributed by atoms with van der Waals surface area (Å²) in [4.78, 5) is 12.8. The summed E-state index contributed by atoms with van der Waals surface area (Å²) < 4.78 is 21.2. The summed E-state index contributed by atoms with van der Waals surface area (Å²) in [6, 6.07) is 6.86. The lowest BCUT2D eigenvalue weighted by Gasteiger charge is -2.38. The number of phenols is 2. The van der Waals surface area contributed by atoms with E-state index in [1.165, 1.54) is 26.4 Å². The molecule has 0 radical (unpaired) electrons. The van der Waals surface area contributed by atoms with Gasteiger partial charge in [-0.05, 0) is 12.1 Å². The van der Waals surface area contributed by atoms with Crippen molar-refractivity contribution in [3.8, 4) is 28.7 Å². The molecule has 8 nitrogen and oxygen atoms in total. The zero-order valence-electron chi connectivity index (χ0n) is 14.3. The Bertz CT molecular complexity index is 863. The Labute approximate surface area is 149 Å². The summed E-state index contributed by atoms with van der Waals surface area (Å²) >= 11 is 0. The number of carbonyl (C=O) groups is 1. The number of Topliss-reactive ketones (excluding diaryl/α,β-unsaturated/α-hetero) is 1. The molecular formula is C18H18O8. The average molecular weight is 362 g/mol. The first-order valence-corrected chi connectivity index (χ1v) is 7.62. The van der Waals surface area contributed by atoms with Crippen molar-refractivity contribution in [2.45, 2.75) is 11.9 Å². The van der Waals surface area contributed by atoms with E-state index in [-0.39, 0.29) is 17.1 Å². The SMILES string of the molecule is COc1ccc(C2Oc3cc(O)cc(O)c3C(=O)C2(O)OC)cc1OC. The molecule has 2 aromatic carbocycles. The zero-order chi connectivity index (χ0) is 19.1. The fourth-order valence-corrected chi connectivity index (χ4v) is 2.92. The van der Waals surface area contributed by atoms with E-state index >= 15 is 0 Å². The number of rotatable bonds is 4. The van der Waals surface area contributed by atoms with Gasteiger partial charge in [-0.15, -0.1) is 0 Å². The predicted octanol–water partition coefficient (Wildman–Crippen LogP) is 1.77. The fourth-order valence-electron chi connectivity index (χ4n) is 2.92. The second-order valence-corrected chi connectivity index (χ2v) is 5.68. The molecule has 2 unspecified atom stereocenters. The second kappa shape index (κ2) is 6.40. The van der Waals surface area contributed by atoms with Gasteiger partial charge in [-0.25, -0.2) is 0 Å². The molecule has 1 heterocycles. The largest absolute Gasteiger partial charge is 0.508 e. The quantitative estimate of drug-likeness (QED) is 0.705. The van der Waals surface area contributed by atoms with E-state index in [0.717, 1.165) is 13.2 Å². The molecule has 0 fully saturated rings. The highest BCUT2D eigenvalue weighted by Crippen LogP contribution is 2.47. The van der Waals surface area contributed by atoms with Crippen LogP contribution in [-0.2, 0) is 4.74 Å². The number of aromatic hydroxyl groups is 2. The molecule has 1 aliphatic rings. The molecule has 2 aromatic rings. The summed E-state index contributed by atoms with van der Waals surface area (Å²) in [6.07, 6.45) is -1.27. The molecule has 0 aromatic heterocycles. The molecule has 138 valence electrons. The molecule has 0 spiro atoms. The summed E-state index contributed by atoms with van der Waals surface area (Å²) in [5.41, 5.74) is 0.0951. The third-order valence-electron chi connectivity index (χ3n) is 4.24. The van der Waals surface area contributed by atoms with Crippen LogP contribution in [-0.4, -0.2) is 48.2 Å². The van der Waals surface area contributed by atoms with Crippen molar-refractivity contribution in [1.29, 1.82) is 0 Å². The Hall–Kier alpha value is -2.97. The number of carbonyl (C=O) groups excluding carboxylic acids is 1. The Balaban J connectivity index is 2.16. The lowest BCUT2D eigenvalue weighted by molar-refractivity contribution is -0.205. The molecule has 3 rings (SSSR count). The average Bonchev–Trinajstić information content (AvgIpc) is 2.63. The van der Waals surface area contributed by atoms with Gasteiger partial charge in [0.1, 0.15) is 22.8 Å². The highest BCUT2D eigenvalue weighted by molar-refractivity contribution is 6.07. The first kappa shape index (κ1) is 17.8. The van der Waals surface area contributed by atoms with Gasteiger partial charge in [-0.1, -0.05) is 6.07 Å². The van der Waals surface area contributed by atoms with E-state index in [0.29, 0.717) is 17.1 Å². The number of methoxy groups -OCH3 is 3. The number of phenolic OH excluding ortho intramolecular Hbond substituents is 2. The highest BCUT2D eigenvalue weighted by Gasteiger charge is 2.53. The van der Waals surface area contributed by atoms with Crippen LogP contribution in [0.5, 0.6) is 28.7 Å². The van der Waals surface area contributed by atoms with Crippen LogP contribution in [0.25, 0.3) is 0 Å². The lowest BCUT2D eigenvalue weighted by atomic mass is 9.89. The molecule has 8 heteroatoms. The van der Waals surface area contributed by atoms with Crippen molar-refractivity contribution >= 4 is 5.78 Å². The highest BCUT2D eigenvalue weighted by atomic mass is 16.7. The minimum Gasteiger partial charge on any atom is -0.508 e. The Morgan fingerprint density at radius 2 is 1.73 bits per heavy atom. The standard InChI is InChI=1S/C18H18O8/c1-23-12-5-4-9(6-13(12)24-2)17-18(22,25-3)16(21)15-11(20)7-10(19)8-14(15)26-17/h4-8,17,19-20,22H,1-3H3. The zero-order valence-corrected chi connectivity index (χ0v) is 14.3. The maximum atomic E-state index is 12.8. The first-order chi connectivity index (χ1) is 12.3. The topological polar surface area (TPSA) is 115 Å². The Kier molecular flexibility index (Phi) is 4.39. The summed E-state index contributed by atoms with van der Waals surface area (Å²) in [5, 5.41) is 30.5. The van der Waals surface area contributed by atoms with E-state index in [1.807, 2.05) is 0 Å². The van der Waals surface area contributed by atoms with Crippen molar-refractivity contribution in [1.82, 2.24) is 0 Å².